The van der Waals surface area contributed by atoms with Crippen molar-refractivity contribution < 1.29 is 0 Å². The lowest BCUT2D eigenvalue weighted by atomic mass is 10.0. The predicted octanol–water partition coefficient (Wildman–Crippen LogP) is 2.71. The summed E-state index contributed by atoms with van der Waals surface area (Å²) in [5.41, 5.74) is 3.98. The largest absolute Gasteiger partial charge is 0.379 e. The average Bonchev–Trinajstić information content (AvgIpc) is 2.12. The third-order valence-corrected chi connectivity index (χ3v) is 2.70. The zero-order valence-corrected chi connectivity index (χ0v) is 10.4. The fourth-order valence-electron chi connectivity index (χ4n) is 1.74. The van der Waals surface area contributed by atoms with E-state index in [2.05, 4.69) is 56.5 Å². The fourth-order valence-corrected chi connectivity index (χ4v) is 1.74. The van der Waals surface area contributed by atoms with Gasteiger partial charge in [0.25, 0.3) is 0 Å². The van der Waals surface area contributed by atoms with Crippen molar-refractivity contribution in [3.63, 3.8) is 0 Å². The molecule has 0 unspecified atom stereocenters. The van der Waals surface area contributed by atoms with Crippen molar-refractivity contribution in [1.29, 1.82) is 0 Å². The predicted molar refractivity (Wildman–Crippen MR) is 67.5 cm³/mol. The first kappa shape index (κ1) is 12.1. The summed E-state index contributed by atoms with van der Waals surface area (Å²) in [4.78, 5) is 0. The van der Waals surface area contributed by atoms with Gasteiger partial charge in [-0.1, -0.05) is 12.1 Å². The summed E-state index contributed by atoms with van der Waals surface area (Å²) >= 11 is 0. The third kappa shape index (κ3) is 3.24. The van der Waals surface area contributed by atoms with E-state index < -0.39 is 0 Å². The molecule has 1 aromatic rings. The Labute approximate surface area is 93.1 Å². The molecule has 0 radical (unpaired) electrons. The van der Waals surface area contributed by atoms with Gasteiger partial charge in [0.15, 0.2) is 0 Å². The van der Waals surface area contributed by atoms with Gasteiger partial charge in [0.05, 0.1) is 0 Å². The summed E-state index contributed by atoms with van der Waals surface area (Å²) in [6, 6.07) is 6.38. The summed E-state index contributed by atoms with van der Waals surface area (Å²) in [6.45, 7) is 9.65. The van der Waals surface area contributed by atoms with Crippen molar-refractivity contribution >= 4 is 5.69 Å². The van der Waals surface area contributed by atoms with Gasteiger partial charge in [-0.05, 0) is 51.9 Å². The smallest absolute Gasteiger partial charge is 0.0441 e. The van der Waals surface area contributed by atoms with Crippen LogP contribution in [0.5, 0.6) is 0 Å². The summed E-state index contributed by atoms with van der Waals surface area (Å²) in [6.07, 6.45) is 0. The number of rotatable bonds is 4. The second kappa shape index (κ2) is 4.67. The molecule has 0 aliphatic heterocycles. The Hall–Kier alpha value is -1.02. The van der Waals surface area contributed by atoms with Crippen LogP contribution in [-0.4, -0.2) is 19.1 Å². The van der Waals surface area contributed by atoms with E-state index in [-0.39, 0.29) is 5.54 Å². The maximum atomic E-state index is 3.57. The van der Waals surface area contributed by atoms with E-state index in [1.165, 1.54) is 16.8 Å². The Morgan fingerprint density at radius 3 is 2.47 bits per heavy atom. The molecule has 15 heavy (non-hydrogen) atoms. The highest BCUT2D eigenvalue weighted by Crippen LogP contribution is 2.21. The van der Waals surface area contributed by atoms with Gasteiger partial charge in [-0.25, -0.2) is 0 Å². The van der Waals surface area contributed by atoms with Crippen molar-refractivity contribution in [3.8, 4) is 0 Å². The van der Waals surface area contributed by atoms with Crippen LogP contribution in [-0.2, 0) is 0 Å². The van der Waals surface area contributed by atoms with Crippen LogP contribution in [0.3, 0.4) is 0 Å². The van der Waals surface area contributed by atoms with Gasteiger partial charge in [0.1, 0.15) is 0 Å². The normalized spacial score (nSPS) is 11.5. The molecule has 0 heterocycles. The van der Waals surface area contributed by atoms with Crippen LogP contribution in [0, 0.1) is 13.8 Å². The molecule has 2 heteroatoms. The van der Waals surface area contributed by atoms with E-state index in [0.29, 0.717) is 0 Å². The fraction of sp³-hybridized carbons (Fsp3) is 0.538. The molecule has 0 amide bonds. The van der Waals surface area contributed by atoms with Crippen molar-refractivity contribution in [2.75, 3.05) is 18.9 Å². The van der Waals surface area contributed by atoms with Crippen molar-refractivity contribution in [1.82, 2.24) is 5.32 Å². The summed E-state index contributed by atoms with van der Waals surface area (Å²) in [7, 11) is 1.98. The quantitative estimate of drug-likeness (QED) is 0.791. The first-order valence-corrected chi connectivity index (χ1v) is 5.45. The van der Waals surface area contributed by atoms with Crippen LogP contribution in [0.1, 0.15) is 25.0 Å². The average molecular weight is 206 g/mol. The molecule has 0 bridgehead atoms. The molecule has 0 aliphatic rings. The number of anilines is 1. The van der Waals surface area contributed by atoms with Crippen LogP contribution in [0.25, 0.3) is 0 Å². The number of likely N-dealkylation sites (N-methyl/N-ethyl adjacent to an activating group) is 1. The maximum Gasteiger partial charge on any atom is 0.0441 e. The van der Waals surface area contributed by atoms with Crippen molar-refractivity contribution in [2.45, 2.75) is 33.2 Å². The van der Waals surface area contributed by atoms with Gasteiger partial charge in [0, 0.05) is 17.8 Å². The Morgan fingerprint density at radius 2 is 1.87 bits per heavy atom. The van der Waals surface area contributed by atoms with E-state index in [1.54, 1.807) is 0 Å². The first-order valence-electron chi connectivity index (χ1n) is 5.45. The summed E-state index contributed by atoms with van der Waals surface area (Å²) in [5.74, 6) is 0. The first-order chi connectivity index (χ1) is 6.96. The molecule has 0 aliphatic carbocycles. The Bertz CT molecular complexity index is 329. The van der Waals surface area contributed by atoms with Gasteiger partial charge in [-0.2, -0.15) is 0 Å². The lowest BCUT2D eigenvalue weighted by Crippen LogP contribution is -2.40. The molecule has 0 saturated carbocycles. The van der Waals surface area contributed by atoms with E-state index in [1.807, 2.05) is 7.05 Å². The third-order valence-electron chi connectivity index (χ3n) is 2.70. The van der Waals surface area contributed by atoms with Gasteiger partial charge < -0.3 is 10.6 Å². The Kier molecular flexibility index (Phi) is 3.75. The number of nitrogens with one attached hydrogen (secondary N) is 2. The maximum absolute atomic E-state index is 3.57. The number of hydrogen-bond donors (Lipinski definition) is 2. The van der Waals surface area contributed by atoms with Crippen LogP contribution in [0.15, 0.2) is 18.2 Å². The van der Waals surface area contributed by atoms with Crippen LogP contribution < -0.4 is 10.6 Å². The Morgan fingerprint density at radius 1 is 1.20 bits per heavy atom. The topological polar surface area (TPSA) is 24.1 Å². The molecule has 0 aromatic heterocycles. The van der Waals surface area contributed by atoms with Gasteiger partial charge >= 0.3 is 0 Å². The Balaban J connectivity index is 2.85. The molecule has 0 fully saturated rings. The summed E-state index contributed by atoms with van der Waals surface area (Å²) < 4.78 is 0. The SMILES string of the molecule is CNCC(C)(C)Nc1cccc(C)c1C. The molecule has 2 N–H and O–H groups in total. The molecular weight excluding hydrogens is 184 g/mol. The zero-order chi connectivity index (χ0) is 11.5. The second-order valence-electron chi connectivity index (χ2n) is 4.79. The van der Waals surface area contributed by atoms with E-state index in [4.69, 9.17) is 0 Å². The molecule has 0 saturated heterocycles. The second-order valence-corrected chi connectivity index (χ2v) is 4.79. The highest BCUT2D eigenvalue weighted by molar-refractivity contribution is 5.55. The standard InChI is InChI=1S/C13H22N2/c1-10-7-6-8-12(11(10)2)15-13(3,4)9-14-5/h6-8,14-15H,9H2,1-5H3. The molecule has 2 nitrogen and oxygen atoms in total. The molecule has 84 valence electrons. The van der Waals surface area contributed by atoms with Crippen LogP contribution in [0.2, 0.25) is 0 Å². The zero-order valence-electron chi connectivity index (χ0n) is 10.4. The van der Waals surface area contributed by atoms with E-state index in [9.17, 15) is 0 Å². The number of aryl methyl sites for hydroxylation is 1. The van der Waals surface area contributed by atoms with Crippen LogP contribution in [0.4, 0.5) is 5.69 Å². The van der Waals surface area contributed by atoms with Crippen molar-refractivity contribution in [3.05, 3.63) is 29.3 Å². The van der Waals surface area contributed by atoms with Crippen LogP contribution >= 0.6 is 0 Å². The lowest BCUT2D eigenvalue weighted by molar-refractivity contribution is 0.530. The monoisotopic (exact) mass is 206 g/mol. The number of benzene rings is 1. The minimum absolute atomic E-state index is 0.0767. The highest BCUT2D eigenvalue weighted by atomic mass is 15.0. The number of hydrogen-bond acceptors (Lipinski definition) is 2. The van der Waals surface area contributed by atoms with E-state index >= 15 is 0 Å². The minimum Gasteiger partial charge on any atom is -0.379 e. The molecule has 1 rings (SSSR count). The van der Waals surface area contributed by atoms with Gasteiger partial charge in [-0.3, -0.25) is 0 Å². The van der Waals surface area contributed by atoms with Crippen molar-refractivity contribution in [2.24, 2.45) is 0 Å². The molecular formula is C13H22N2. The van der Waals surface area contributed by atoms with Gasteiger partial charge in [0.2, 0.25) is 0 Å². The highest BCUT2D eigenvalue weighted by Gasteiger charge is 2.16. The summed E-state index contributed by atoms with van der Waals surface area (Å²) in [5, 5.41) is 6.77. The minimum atomic E-state index is 0.0767. The lowest BCUT2D eigenvalue weighted by Gasteiger charge is -2.28. The molecule has 1 aromatic carbocycles. The van der Waals surface area contributed by atoms with Gasteiger partial charge in [-0.15, -0.1) is 0 Å². The molecule has 0 spiro atoms. The van der Waals surface area contributed by atoms with E-state index in [0.717, 1.165) is 6.54 Å². The molecule has 0 atom stereocenters.